The lowest BCUT2D eigenvalue weighted by Gasteiger charge is -2.27. The van der Waals surface area contributed by atoms with Gasteiger partial charge in [-0.1, -0.05) is 0 Å². The fraction of sp³-hybridized carbons (Fsp3) is 0.389. The van der Waals surface area contributed by atoms with Gasteiger partial charge >= 0.3 is 53.7 Å². The summed E-state index contributed by atoms with van der Waals surface area (Å²) in [6, 6.07) is 0. The molecule has 198 valence electrons. The lowest BCUT2D eigenvalue weighted by Crippen LogP contribution is -2.48. The van der Waals surface area contributed by atoms with Gasteiger partial charge in [0.05, 0.1) is 31.3 Å². The van der Waals surface area contributed by atoms with Gasteiger partial charge < -0.3 is 45.2 Å². The van der Waals surface area contributed by atoms with Gasteiger partial charge in [0.25, 0.3) is 0 Å². The van der Waals surface area contributed by atoms with Gasteiger partial charge in [0.1, 0.15) is 5.92 Å². The Kier molecular flexibility index (Phi) is 11.4. The first-order chi connectivity index (χ1) is 16.4. The Labute approximate surface area is 197 Å². The minimum Gasteiger partial charge on any atom is -0.481 e. The number of rotatable bonds is 15. The highest BCUT2D eigenvalue weighted by Crippen LogP contribution is 2.26. The van der Waals surface area contributed by atoms with Gasteiger partial charge in [-0.3, -0.25) is 24.0 Å². The highest BCUT2D eigenvalue weighted by atomic mass is 16.6. The molecule has 0 aromatic rings. The Hall–Kier alpha value is -4.87. The van der Waals surface area contributed by atoms with Crippen LogP contribution in [0.3, 0.4) is 0 Å². The molecule has 0 rings (SSSR count). The molecule has 0 amide bonds. The van der Waals surface area contributed by atoms with E-state index in [1.54, 1.807) is 0 Å². The number of aliphatic carboxylic acids is 6. The minimum atomic E-state index is -3.41. The first-order valence-corrected chi connectivity index (χ1v) is 9.12. The van der Waals surface area contributed by atoms with Gasteiger partial charge in [-0.25, -0.2) is 19.2 Å². The highest BCUT2D eigenvalue weighted by Gasteiger charge is 2.49. The van der Waals surface area contributed by atoms with E-state index in [9.17, 15) is 53.4 Å². The molecule has 0 aliphatic heterocycles. The SMILES string of the molecule is O=C(O)/C=C(\CC(=O)O)C(=O)OC(CC(=O)O)(CC(=O)OC(=O)C(CC(=O)O)C(O)C(=O)O)C(=O)O. The molecule has 0 aromatic carbocycles. The zero-order valence-electron chi connectivity index (χ0n) is 17.7. The van der Waals surface area contributed by atoms with Crippen LogP contribution in [0.1, 0.15) is 25.7 Å². The van der Waals surface area contributed by atoms with Crippen molar-refractivity contribution < 1.29 is 88.4 Å². The van der Waals surface area contributed by atoms with Gasteiger partial charge in [-0.05, 0) is 0 Å². The van der Waals surface area contributed by atoms with E-state index in [1.807, 2.05) is 0 Å². The van der Waals surface area contributed by atoms with Crippen molar-refractivity contribution in [2.24, 2.45) is 5.92 Å². The van der Waals surface area contributed by atoms with Crippen LogP contribution in [0.5, 0.6) is 0 Å². The summed E-state index contributed by atoms with van der Waals surface area (Å²) in [5, 5.41) is 63.0. The molecule has 7 N–H and O–H groups in total. The number of ether oxygens (including phenoxy) is 2. The van der Waals surface area contributed by atoms with Crippen LogP contribution in [0, 0.1) is 5.92 Å². The summed E-state index contributed by atoms with van der Waals surface area (Å²) >= 11 is 0. The average Bonchev–Trinajstić information content (AvgIpc) is 2.68. The molecule has 18 nitrogen and oxygen atoms in total. The van der Waals surface area contributed by atoms with E-state index in [0.29, 0.717) is 0 Å². The lowest BCUT2D eigenvalue weighted by atomic mass is 9.94. The Morgan fingerprint density at radius 3 is 1.72 bits per heavy atom. The van der Waals surface area contributed by atoms with Crippen molar-refractivity contribution in [3.8, 4) is 0 Å². The first kappa shape index (κ1) is 31.1. The maximum absolute atomic E-state index is 12.3. The van der Waals surface area contributed by atoms with Crippen LogP contribution >= 0.6 is 0 Å². The van der Waals surface area contributed by atoms with Crippen LogP contribution in [0.2, 0.25) is 0 Å². The molecule has 0 fully saturated rings. The number of aliphatic hydroxyl groups excluding tert-OH is 1. The van der Waals surface area contributed by atoms with Crippen molar-refractivity contribution in [3.63, 3.8) is 0 Å². The van der Waals surface area contributed by atoms with Crippen LogP contribution in [0.4, 0.5) is 0 Å². The van der Waals surface area contributed by atoms with Crippen molar-refractivity contribution >= 4 is 53.7 Å². The third kappa shape index (κ3) is 9.95. The fourth-order valence-electron chi connectivity index (χ4n) is 2.45. The molecule has 0 spiro atoms. The molecule has 0 saturated carbocycles. The van der Waals surface area contributed by atoms with E-state index in [0.717, 1.165) is 0 Å². The molecule has 0 aliphatic carbocycles. The number of carboxylic acids is 6. The van der Waals surface area contributed by atoms with Crippen molar-refractivity contribution in [2.75, 3.05) is 0 Å². The van der Waals surface area contributed by atoms with E-state index in [-0.39, 0.29) is 6.08 Å². The monoisotopic (exact) mass is 522 g/mol. The van der Waals surface area contributed by atoms with Gasteiger partial charge in [-0.2, -0.15) is 0 Å². The topological polar surface area (TPSA) is 314 Å². The Balaban J connectivity index is 6.14. The van der Waals surface area contributed by atoms with Crippen molar-refractivity contribution in [1.29, 1.82) is 0 Å². The quantitative estimate of drug-likeness (QED) is 0.0653. The van der Waals surface area contributed by atoms with Crippen molar-refractivity contribution in [2.45, 2.75) is 37.4 Å². The zero-order valence-corrected chi connectivity index (χ0v) is 17.7. The van der Waals surface area contributed by atoms with Gasteiger partial charge in [0, 0.05) is 6.08 Å². The van der Waals surface area contributed by atoms with Crippen molar-refractivity contribution in [3.05, 3.63) is 11.6 Å². The molecule has 0 bridgehead atoms. The number of carbonyl (C=O) groups excluding carboxylic acids is 3. The second kappa shape index (κ2) is 13.1. The average molecular weight is 522 g/mol. The van der Waals surface area contributed by atoms with Gasteiger partial charge in [0.15, 0.2) is 6.10 Å². The Bertz CT molecular complexity index is 1010. The van der Waals surface area contributed by atoms with Crippen LogP contribution < -0.4 is 0 Å². The number of hydrogen-bond acceptors (Lipinski definition) is 12. The maximum atomic E-state index is 12.3. The fourth-order valence-corrected chi connectivity index (χ4v) is 2.45. The van der Waals surface area contributed by atoms with Gasteiger partial charge in [-0.15, -0.1) is 0 Å². The second-order valence-electron chi connectivity index (χ2n) is 6.80. The predicted molar refractivity (Wildman–Crippen MR) is 102 cm³/mol. The van der Waals surface area contributed by atoms with E-state index in [4.69, 9.17) is 25.5 Å². The van der Waals surface area contributed by atoms with Crippen molar-refractivity contribution in [1.82, 2.24) is 0 Å². The van der Waals surface area contributed by atoms with Gasteiger partial charge in [0.2, 0.25) is 5.60 Å². The lowest BCUT2D eigenvalue weighted by molar-refractivity contribution is -0.187. The summed E-state index contributed by atoms with van der Waals surface area (Å²) in [6.07, 6.45) is -8.88. The third-order valence-electron chi connectivity index (χ3n) is 3.99. The predicted octanol–water partition coefficient (Wildman–Crippen LogP) is -2.69. The Morgan fingerprint density at radius 1 is 0.778 bits per heavy atom. The molecule has 0 heterocycles. The van der Waals surface area contributed by atoms with E-state index in [1.165, 1.54) is 0 Å². The summed E-state index contributed by atoms with van der Waals surface area (Å²) in [6.45, 7) is 0. The molecule has 0 aliphatic rings. The van der Waals surface area contributed by atoms with E-state index in [2.05, 4.69) is 9.47 Å². The van der Waals surface area contributed by atoms with E-state index >= 15 is 0 Å². The summed E-state index contributed by atoms with van der Waals surface area (Å²) < 4.78 is 8.60. The molecule has 0 aromatic heterocycles. The molecule has 3 unspecified atom stereocenters. The normalized spacial score (nSPS) is 14.3. The van der Waals surface area contributed by atoms with Crippen LogP contribution in [-0.2, 0) is 52.6 Å². The molecule has 0 saturated heterocycles. The second-order valence-corrected chi connectivity index (χ2v) is 6.80. The molecule has 0 radical (unpaired) electrons. The molecule has 36 heavy (non-hydrogen) atoms. The standard InChI is InChI=1S/C18H18O18/c19-8(20)1-6(2-9(21)22)15(31)36-18(17(33)34,4-11(25)26)5-12(27)35-16(32)7(3-10(23)24)13(28)14(29)30/h1,7,13,28H,2-5H2,(H,19,20)(H,21,22)(H,23,24)(H,25,26)(H,29,30)(H,33,34)/b6-1+. The highest BCUT2D eigenvalue weighted by molar-refractivity contribution is 6.01. The Morgan fingerprint density at radius 2 is 1.33 bits per heavy atom. The first-order valence-electron chi connectivity index (χ1n) is 9.12. The molecular formula is C18H18O18. The van der Waals surface area contributed by atoms with Crippen LogP contribution in [0.25, 0.3) is 0 Å². The summed E-state index contributed by atoms with van der Waals surface area (Å²) in [4.78, 5) is 103. The number of aliphatic hydroxyl groups is 1. The summed E-state index contributed by atoms with van der Waals surface area (Å²) in [5.74, 6) is -20.3. The molecular weight excluding hydrogens is 504 g/mol. The van der Waals surface area contributed by atoms with Crippen LogP contribution in [-0.4, -0.2) is 101 Å². The molecule has 18 heteroatoms. The zero-order chi connectivity index (χ0) is 28.4. The molecule has 3 atom stereocenters. The number of carbonyl (C=O) groups is 9. The summed E-state index contributed by atoms with van der Waals surface area (Å²) in [7, 11) is 0. The van der Waals surface area contributed by atoms with Crippen LogP contribution in [0.15, 0.2) is 11.6 Å². The summed E-state index contributed by atoms with van der Waals surface area (Å²) in [5.41, 5.74) is -4.59. The van der Waals surface area contributed by atoms with E-state index < -0.39 is 103 Å². The maximum Gasteiger partial charge on any atom is 0.349 e. The number of esters is 3. The number of carboxylic acid groups (broad SMARTS) is 6. The number of hydrogen-bond donors (Lipinski definition) is 7. The third-order valence-corrected chi connectivity index (χ3v) is 3.99. The largest absolute Gasteiger partial charge is 0.481 e. The minimum absolute atomic E-state index is 0.00939. The smallest absolute Gasteiger partial charge is 0.349 e.